The molecule has 0 aliphatic rings. The van der Waals surface area contributed by atoms with Crippen molar-refractivity contribution < 1.29 is 24.1 Å². The van der Waals surface area contributed by atoms with Gasteiger partial charge < -0.3 is 4.74 Å². The first-order chi connectivity index (χ1) is 6.24. The van der Waals surface area contributed by atoms with Crippen LogP contribution in [0.3, 0.4) is 0 Å². The van der Waals surface area contributed by atoms with Crippen LogP contribution >= 0.6 is 0 Å². The van der Waals surface area contributed by atoms with Crippen LogP contribution in [0.1, 0.15) is 20.8 Å². The highest BCUT2D eigenvalue weighted by Gasteiger charge is 2.11. The summed E-state index contributed by atoms with van der Waals surface area (Å²) in [7, 11) is 0. The largest absolute Gasteiger partial charge is 0.458 e. The van der Waals surface area contributed by atoms with Crippen molar-refractivity contribution in [1.29, 1.82) is 0 Å². The summed E-state index contributed by atoms with van der Waals surface area (Å²) < 4.78 is 4.67. The third kappa shape index (κ3) is 5.95. The topological polar surface area (TPSA) is 47.8 Å². The normalized spacial score (nSPS) is 8.85. The van der Waals surface area contributed by atoms with E-state index in [-0.39, 0.29) is 0 Å². The molecular formula is C8H16NO4+. The van der Waals surface area contributed by atoms with Gasteiger partial charge in [-0.3, -0.25) is 0 Å². The van der Waals surface area contributed by atoms with Gasteiger partial charge in [0, 0.05) is 0 Å². The first-order valence-electron chi connectivity index (χ1n) is 4.31. The Labute approximate surface area is 77.8 Å². The van der Waals surface area contributed by atoms with Gasteiger partial charge in [-0.05, 0) is 20.8 Å². The molecule has 0 heterocycles. The standard InChI is InChI=1S/C8H16NO4/c1-4-11-8(10)7-9(12-5-2)13-6-3/h7H,4-6H2,1-3H3/q+1. The van der Waals surface area contributed by atoms with Gasteiger partial charge in [-0.15, -0.1) is 0 Å². The molecular weight excluding hydrogens is 174 g/mol. The lowest BCUT2D eigenvalue weighted by atomic mass is 10.7. The molecule has 5 nitrogen and oxygen atoms in total. The van der Waals surface area contributed by atoms with Crippen LogP contribution in [0.2, 0.25) is 0 Å². The summed E-state index contributed by atoms with van der Waals surface area (Å²) in [6.45, 7) is 6.51. The summed E-state index contributed by atoms with van der Waals surface area (Å²) >= 11 is 0. The number of esters is 1. The Balaban J connectivity index is 4.07. The van der Waals surface area contributed by atoms with Crippen LogP contribution in [0.25, 0.3) is 0 Å². The number of rotatable bonds is 6. The van der Waals surface area contributed by atoms with Crippen molar-refractivity contribution in [3.63, 3.8) is 0 Å². The number of nitrogens with zero attached hydrogens (tertiary/aromatic N) is 1. The molecule has 0 aromatic carbocycles. The van der Waals surface area contributed by atoms with Gasteiger partial charge >= 0.3 is 12.2 Å². The minimum atomic E-state index is -0.482. The zero-order valence-corrected chi connectivity index (χ0v) is 8.28. The second kappa shape index (κ2) is 7.39. The van der Waals surface area contributed by atoms with Crippen molar-refractivity contribution in [1.82, 2.24) is 0 Å². The van der Waals surface area contributed by atoms with E-state index in [9.17, 15) is 4.79 Å². The van der Waals surface area contributed by atoms with Crippen molar-refractivity contribution >= 4 is 12.2 Å². The lowest BCUT2D eigenvalue weighted by molar-refractivity contribution is -0.964. The lowest BCUT2D eigenvalue weighted by Crippen LogP contribution is -2.20. The monoisotopic (exact) mass is 190 g/mol. The molecule has 0 aliphatic carbocycles. The second-order valence-corrected chi connectivity index (χ2v) is 2.00. The molecule has 0 bridgehead atoms. The Morgan fingerprint density at radius 1 is 1.15 bits per heavy atom. The maximum absolute atomic E-state index is 10.9. The molecule has 76 valence electrons. The molecule has 0 saturated carbocycles. The van der Waals surface area contributed by atoms with E-state index >= 15 is 0 Å². The smallest absolute Gasteiger partial charge is 0.406 e. The van der Waals surface area contributed by atoms with Crippen LogP contribution < -0.4 is 0 Å². The molecule has 0 spiro atoms. The maximum Gasteiger partial charge on any atom is 0.406 e. The fourth-order valence-corrected chi connectivity index (χ4v) is 0.632. The van der Waals surface area contributed by atoms with Crippen molar-refractivity contribution in [2.24, 2.45) is 0 Å². The molecule has 0 unspecified atom stereocenters. The zero-order valence-electron chi connectivity index (χ0n) is 8.28. The quantitative estimate of drug-likeness (QED) is 0.348. The Morgan fingerprint density at radius 2 is 1.69 bits per heavy atom. The molecule has 5 heteroatoms. The molecule has 0 N–H and O–H groups in total. The van der Waals surface area contributed by atoms with Gasteiger partial charge in [0.15, 0.2) is 13.2 Å². The fourth-order valence-electron chi connectivity index (χ4n) is 0.632. The van der Waals surface area contributed by atoms with Crippen LogP contribution in [-0.4, -0.2) is 36.9 Å². The molecule has 13 heavy (non-hydrogen) atoms. The number of carbonyl (C=O) groups excluding carboxylic acids is 1. The fraction of sp³-hybridized carbons (Fsp3) is 0.750. The highest BCUT2D eigenvalue weighted by molar-refractivity contribution is 6.20. The zero-order chi connectivity index (χ0) is 10.1. The van der Waals surface area contributed by atoms with E-state index in [1.807, 2.05) is 0 Å². The van der Waals surface area contributed by atoms with Gasteiger partial charge in [-0.25, -0.2) is 14.5 Å². The highest BCUT2D eigenvalue weighted by atomic mass is 16.9. The van der Waals surface area contributed by atoms with E-state index in [1.165, 1.54) is 0 Å². The van der Waals surface area contributed by atoms with Crippen LogP contribution in [0.5, 0.6) is 0 Å². The highest BCUT2D eigenvalue weighted by Crippen LogP contribution is 1.82. The Hall–Kier alpha value is -1.26. The van der Waals surface area contributed by atoms with Gasteiger partial charge in [0.05, 0.1) is 6.61 Å². The molecule has 0 aliphatic heterocycles. The Kier molecular flexibility index (Phi) is 6.68. The summed E-state index contributed by atoms with van der Waals surface area (Å²) in [4.78, 5) is 21.8. The third-order valence-electron chi connectivity index (χ3n) is 1.01. The van der Waals surface area contributed by atoms with Gasteiger partial charge in [-0.1, -0.05) is 0 Å². The van der Waals surface area contributed by atoms with E-state index in [2.05, 4.69) is 4.74 Å². The van der Waals surface area contributed by atoms with Crippen molar-refractivity contribution in [3.8, 4) is 0 Å². The summed E-state index contributed by atoms with van der Waals surface area (Å²) in [6.07, 6.45) is 1.12. The molecule has 0 aromatic rings. The van der Waals surface area contributed by atoms with Gasteiger partial charge in [-0.2, -0.15) is 0 Å². The predicted molar refractivity (Wildman–Crippen MR) is 46.2 cm³/mol. The molecule has 0 fully saturated rings. The second-order valence-electron chi connectivity index (χ2n) is 2.00. The van der Waals surface area contributed by atoms with E-state index in [1.54, 1.807) is 20.8 Å². The van der Waals surface area contributed by atoms with Crippen molar-refractivity contribution in [2.45, 2.75) is 20.8 Å². The first kappa shape index (κ1) is 11.7. The lowest BCUT2D eigenvalue weighted by Gasteiger charge is -1.97. The molecule has 0 atom stereocenters. The molecule has 0 saturated heterocycles. The molecule has 0 rings (SSSR count). The number of ether oxygens (including phenoxy) is 1. The van der Waals surface area contributed by atoms with Gasteiger partial charge in [0.1, 0.15) is 0 Å². The third-order valence-corrected chi connectivity index (χ3v) is 1.01. The molecule has 0 aromatic heterocycles. The summed E-state index contributed by atoms with van der Waals surface area (Å²) in [5.41, 5.74) is 0. The first-order valence-corrected chi connectivity index (χ1v) is 4.31. The summed E-state index contributed by atoms with van der Waals surface area (Å²) in [5, 5.41) is 0. The average Bonchev–Trinajstić information content (AvgIpc) is 2.05. The predicted octanol–water partition coefficient (Wildman–Crippen LogP) is 0.536. The minimum Gasteiger partial charge on any atom is -0.458 e. The summed E-state index contributed by atoms with van der Waals surface area (Å²) in [6, 6.07) is 0. The maximum atomic E-state index is 10.9. The van der Waals surface area contributed by atoms with Gasteiger partial charge in [0.2, 0.25) is 4.90 Å². The SMILES string of the molecule is CCOC(=O)C=[N+](OCC)OCC. The van der Waals surface area contributed by atoms with Crippen LogP contribution in [0.15, 0.2) is 0 Å². The number of hydrogen-bond donors (Lipinski definition) is 0. The van der Waals surface area contributed by atoms with Crippen molar-refractivity contribution in [2.75, 3.05) is 19.8 Å². The van der Waals surface area contributed by atoms with Gasteiger partial charge in [0.25, 0.3) is 0 Å². The summed E-state index contributed by atoms with van der Waals surface area (Å²) in [5.74, 6) is -0.482. The molecule has 0 amide bonds. The minimum absolute atomic E-state index is 0.335. The van der Waals surface area contributed by atoms with E-state index in [0.717, 1.165) is 11.1 Å². The number of hydrogen-bond acceptors (Lipinski definition) is 4. The van der Waals surface area contributed by atoms with E-state index < -0.39 is 5.97 Å². The molecule has 0 radical (unpaired) electrons. The van der Waals surface area contributed by atoms with E-state index in [0.29, 0.717) is 19.8 Å². The Morgan fingerprint density at radius 3 is 2.08 bits per heavy atom. The number of carbonyl (C=O) groups is 1. The van der Waals surface area contributed by atoms with Crippen LogP contribution in [0, 0.1) is 0 Å². The van der Waals surface area contributed by atoms with Crippen molar-refractivity contribution in [3.05, 3.63) is 0 Å². The van der Waals surface area contributed by atoms with Crippen LogP contribution in [-0.2, 0) is 19.2 Å². The average molecular weight is 190 g/mol. The van der Waals surface area contributed by atoms with Crippen LogP contribution in [0.4, 0.5) is 0 Å². The Bertz CT molecular complexity index is 171. The van der Waals surface area contributed by atoms with E-state index in [4.69, 9.17) is 9.68 Å².